The highest BCUT2D eigenvalue weighted by atomic mass is 16.5. The van der Waals surface area contributed by atoms with Crippen molar-refractivity contribution in [3.8, 4) is 5.75 Å². The largest absolute Gasteiger partial charge is 0.494 e. The van der Waals surface area contributed by atoms with E-state index in [1.807, 2.05) is 18.3 Å². The Balaban J connectivity index is 1.89. The molecule has 0 saturated heterocycles. The molecule has 90 valence electrons. The van der Waals surface area contributed by atoms with Crippen LogP contribution in [0.3, 0.4) is 0 Å². The highest BCUT2D eigenvalue weighted by Gasteiger charge is 1.97. The highest BCUT2D eigenvalue weighted by Crippen LogP contribution is 2.13. The van der Waals surface area contributed by atoms with Crippen LogP contribution >= 0.6 is 0 Å². The van der Waals surface area contributed by atoms with Crippen LogP contribution in [0.25, 0.3) is 0 Å². The Labute approximate surface area is 101 Å². The lowest BCUT2D eigenvalue weighted by atomic mass is 10.2. The summed E-state index contributed by atoms with van der Waals surface area (Å²) in [5.74, 6) is 0.931. The third-order valence-corrected chi connectivity index (χ3v) is 2.51. The van der Waals surface area contributed by atoms with Gasteiger partial charge in [-0.25, -0.2) is 4.68 Å². The lowest BCUT2D eigenvalue weighted by Crippen LogP contribution is -2.01. The van der Waals surface area contributed by atoms with Gasteiger partial charge in [0.1, 0.15) is 5.75 Å². The molecule has 0 amide bonds. The van der Waals surface area contributed by atoms with Crippen molar-refractivity contribution in [1.82, 2.24) is 15.0 Å². The van der Waals surface area contributed by atoms with E-state index in [0.29, 0.717) is 0 Å². The summed E-state index contributed by atoms with van der Waals surface area (Å²) in [5, 5.41) is 7.70. The van der Waals surface area contributed by atoms with E-state index >= 15 is 0 Å². The average Bonchev–Trinajstić information content (AvgIpc) is 2.85. The van der Waals surface area contributed by atoms with Crippen molar-refractivity contribution in [1.29, 1.82) is 0 Å². The molecule has 0 aliphatic heterocycles. The van der Waals surface area contributed by atoms with Crippen LogP contribution in [0.1, 0.15) is 25.3 Å². The molecule has 0 aliphatic carbocycles. The van der Waals surface area contributed by atoms with E-state index in [4.69, 9.17) is 4.74 Å². The standard InChI is InChI=1S/C13H17N3O/c1-2-3-10-17-13-6-4-12(5-7-13)11-16-9-8-14-15-16/h4-9H,2-3,10-11H2,1H3. The number of unbranched alkanes of at least 4 members (excludes halogenated alkanes) is 1. The molecule has 1 heterocycles. The Bertz CT molecular complexity index is 422. The van der Waals surface area contributed by atoms with Crippen LogP contribution in [0.2, 0.25) is 0 Å². The first-order valence-electron chi connectivity index (χ1n) is 5.94. The number of nitrogens with zero attached hydrogens (tertiary/aromatic N) is 3. The summed E-state index contributed by atoms with van der Waals surface area (Å²) >= 11 is 0. The highest BCUT2D eigenvalue weighted by molar-refractivity contribution is 5.27. The molecule has 1 aromatic carbocycles. The van der Waals surface area contributed by atoms with Gasteiger partial charge in [-0.05, 0) is 24.1 Å². The molecule has 1 aromatic heterocycles. The van der Waals surface area contributed by atoms with Gasteiger partial charge in [0.15, 0.2) is 0 Å². The third kappa shape index (κ3) is 3.59. The van der Waals surface area contributed by atoms with Crippen molar-refractivity contribution in [2.24, 2.45) is 0 Å². The summed E-state index contributed by atoms with van der Waals surface area (Å²) in [6.07, 6.45) is 5.79. The lowest BCUT2D eigenvalue weighted by molar-refractivity contribution is 0.309. The monoisotopic (exact) mass is 231 g/mol. The first kappa shape index (κ1) is 11.6. The zero-order valence-corrected chi connectivity index (χ0v) is 10.0. The molecule has 0 fully saturated rings. The maximum atomic E-state index is 5.60. The van der Waals surface area contributed by atoms with Crippen LogP contribution in [-0.4, -0.2) is 21.6 Å². The molecule has 4 nitrogen and oxygen atoms in total. The summed E-state index contributed by atoms with van der Waals surface area (Å²) in [4.78, 5) is 0. The number of benzene rings is 1. The second-order valence-electron chi connectivity index (χ2n) is 3.95. The maximum absolute atomic E-state index is 5.60. The molecule has 0 aliphatic rings. The Hall–Kier alpha value is -1.84. The molecule has 0 saturated carbocycles. The van der Waals surface area contributed by atoms with Gasteiger partial charge in [0, 0.05) is 6.20 Å². The molecule has 2 aromatic rings. The number of ether oxygens (including phenoxy) is 1. The fourth-order valence-electron chi connectivity index (χ4n) is 1.53. The summed E-state index contributed by atoms with van der Waals surface area (Å²) in [5.41, 5.74) is 1.19. The summed E-state index contributed by atoms with van der Waals surface area (Å²) in [6, 6.07) is 8.12. The summed E-state index contributed by atoms with van der Waals surface area (Å²) < 4.78 is 7.40. The van der Waals surface area contributed by atoms with Crippen LogP contribution in [0.15, 0.2) is 36.7 Å². The van der Waals surface area contributed by atoms with E-state index in [9.17, 15) is 0 Å². The molecule has 0 spiro atoms. The zero-order valence-electron chi connectivity index (χ0n) is 10.0. The van der Waals surface area contributed by atoms with Crippen LogP contribution in [0, 0.1) is 0 Å². The van der Waals surface area contributed by atoms with Crippen molar-refractivity contribution >= 4 is 0 Å². The van der Waals surface area contributed by atoms with Crippen molar-refractivity contribution in [3.05, 3.63) is 42.2 Å². The molecule has 2 rings (SSSR count). The number of hydrogen-bond acceptors (Lipinski definition) is 3. The second kappa shape index (κ2) is 6.03. The fourth-order valence-corrected chi connectivity index (χ4v) is 1.53. The van der Waals surface area contributed by atoms with E-state index in [1.165, 1.54) is 5.56 Å². The van der Waals surface area contributed by atoms with Crippen LogP contribution in [0.4, 0.5) is 0 Å². The zero-order chi connectivity index (χ0) is 11.9. The molecule has 0 unspecified atom stereocenters. The van der Waals surface area contributed by atoms with Crippen molar-refractivity contribution in [2.45, 2.75) is 26.3 Å². The number of aromatic nitrogens is 3. The molecule has 4 heteroatoms. The first-order chi connectivity index (χ1) is 8.38. The van der Waals surface area contributed by atoms with Gasteiger partial charge in [-0.15, -0.1) is 5.10 Å². The van der Waals surface area contributed by atoms with Gasteiger partial charge in [-0.2, -0.15) is 0 Å². The van der Waals surface area contributed by atoms with E-state index in [1.54, 1.807) is 10.9 Å². The minimum absolute atomic E-state index is 0.745. The Morgan fingerprint density at radius 3 is 2.71 bits per heavy atom. The second-order valence-corrected chi connectivity index (χ2v) is 3.95. The van der Waals surface area contributed by atoms with Crippen molar-refractivity contribution in [2.75, 3.05) is 6.61 Å². The average molecular weight is 231 g/mol. The quantitative estimate of drug-likeness (QED) is 0.717. The number of hydrogen-bond donors (Lipinski definition) is 0. The Morgan fingerprint density at radius 1 is 1.24 bits per heavy atom. The van der Waals surface area contributed by atoms with Gasteiger partial charge in [0.05, 0.1) is 19.3 Å². The number of rotatable bonds is 6. The van der Waals surface area contributed by atoms with Gasteiger partial charge < -0.3 is 4.74 Å². The first-order valence-corrected chi connectivity index (χ1v) is 5.94. The molecule has 0 radical (unpaired) electrons. The molecular weight excluding hydrogens is 214 g/mol. The minimum Gasteiger partial charge on any atom is -0.494 e. The predicted molar refractivity (Wildman–Crippen MR) is 66.0 cm³/mol. The summed E-state index contributed by atoms with van der Waals surface area (Å²) in [7, 11) is 0. The van der Waals surface area contributed by atoms with Gasteiger partial charge in [0.2, 0.25) is 0 Å². The summed E-state index contributed by atoms with van der Waals surface area (Å²) in [6.45, 7) is 3.69. The van der Waals surface area contributed by atoms with Gasteiger partial charge in [-0.1, -0.05) is 30.7 Å². The SMILES string of the molecule is CCCCOc1ccc(Cn2ccnn2)cc1. The smallest absolute Gasteiger partial charge is 0.119 e. The van der Waals surface area contributed by atoms with Gasteiger partial charge in [-0.3, -0.25) is 0 Å². The van der Waals surface area contributed by atoms with Crippen LogP contribution in [-0.2, 0) is 6.54 Å². The normalized spacial score (nSPS) is 10.4. The molecule has 17 heavy (non-hydrogen) atoms. The predicted octanol–water partition coefficient (Wildman–Crippen LogP) is 2.51. The van der Waals surface area contributed by atoms with Crippen LogP contribution < -0.4 is 4.74 Å². The Morgan fingerprint density at radius 2 is 2.06 bits per heavy atom. The van der Waals surface area contributed by atoms with E-state index < -0.39 is 0 Å². The van der Waals surface area contributed by atoms with E-state index in [-0.39, 0.29) is 0 Å². The molecule has 0 atom stereocenters. The van der Waals surface area contributed by atoms with Crippen LogP contribution in [0.5, 0.6) is 5.75 Å². The van der Waals surface area contributed by atoms with E-state index in [0.717, 1.165) is 31.7 Å². The molecule has 0 N–H and O–H groups in total. The maximum Gasteiger partial charge on any atom is 0.119 e. The van der Waals surface area contributed by atoms with Gasteiger partial charge in [0.25, 0.3) is 0 Å². The van der Waals surface area contributed by atoms with Crippen molar-refractivity contribution in [3.63, 3.8) is 0 Å². The third-order valence-electron chi connectivity index (χ3n) is 2.51. The molecular formula is C13H17N3O. The fraction of sp³-hybridized carbons (Fsp3) is 0.385. The van der Waals surface area contributed by atoms with Gasteiger partial charge >= 0.3 is 0 Å². The minimum atomic E-state index is 0.745. The lowest BCUT2D eigenvalue weighted by Gasteiger charge is -2.06. The molecule has 0 bridgehead atoms. The van der Waals surface area contributed by atoms with Crippen molar-refractivity contribution < 1.29 is 4.74 Å². The Kier molecular flexibility index (Phi) is 4.13. The van der Waals surface area contributed by atoms with E-state index in [2.05, 4.69) is 29.4 Å². The topological polar surface area (TPSA) is 39.9 Å².